The number of carbonyl (C=O) groups excluding carboxylic acids is 1. The standard InChI is InChI=1S/C22H17FN2O3/c1-15(20-11-12-25(24-20)22(26)21-8-5-13-27-21)28-17-9-10-18(19(23)14-17)16-6-3-2-4-7-16/h2-15H,1H3/t15-/m1/s1. The van der Waals surface area contributed by atoms with Gasteiger partial charge >= 0.3 is 5.91 Å². The molecule has 0 radical (unpaired) electrons. The minimum Gasteiger partial charge on any atom is -0.484 e. The first-order valence-corrected chi connectivity index (χ1v) is 8.77. The van der Waals surface area contributed by atoms with E-state index in [2.05, 4.69) is 5.10 Å². The van der Waals surface area contributed by atoms with Crippen molar-refractivity contribution in [2.24, 2.45) is 0 Å². The molecule has 140 valence electrons. The van der Waals surface area contributed by atoms with E-state index in [9.17, 15) is 9.18 Å². The van der Waals surface area contributed by atoms with E-state index in [1.807, 2.05) is 30.3 Å². The molecule has 2 aromatic heterocycles. The molecule has 0 aliphatic heterocycles. The van der Waals surface area contributed by atoms with E-state index in [-0.39, 0.29) is 17.5 Å². The van der Waals surface area contributed by atoms with Crippen LogP contribution in [0.1, 0.15) is 29.3 Å². The molecule has 1 atom stereocenters. The van der Waals surface area contributed by atoms with Gasteiger partial charge < -0.3 is 9.15 Å². The van der Waals surface area contributed by atoms with Gasteiger partial charge in [0.05, 0.1) is 6.26 Å². The molecule has 0 spiro atoms. The van der Waals surface area contributed by atoms with Crippen molar-refractivity contribution in [3.63, 3.8) is 0 Å². The van der Waals surface area contributed by atoms with Gasteiger partial charge in [0.15, 0.2) is 5.76 Å². The maximum Gasteiger partial charge on any atom is 0.313 e. The van der Waals surface area contributed by atoms with E-state index in [1.54, 1.807) is 43.5 Å². The second kappa shape index (κ2) is 7.52. The topological polar surface area (TPSA) is 57.3 Å². The molecule has 2 heterocycles. The summed E-state index contributed by atoms with van der Waals surface area (Å²) in [5.74, 6) is -0.158. The number of nitrogens with zero attached hydrogens (tertiary/aromatic N) is 2. The van der Waals surface area contributed by atoms with Crippen LogP contribution in [0.5, 0.6) is 5.75 Å². The largest absolute Gasteiger partial charge is 0.484 e. The van der Waals surface area contributed by atoms with Crippen LogP contribution in [0.25, 0.3) is 11.1 Å². The molecule has 0 N–H and O–H groups in total. The summed E-state index contributed by atoms with van der Waals surface area (Å²) in [5, 5.41) is 4.24. The monoisotopic (exact) mass is 376 g/mol. The van der Waals surface area contributed by atoms with E-state index >= 15 is 0 Å². The average Bonchev–Trinajstić information content (AvgIpc) is 3.41. The maximum atomic E-state index is 14.5. The molecular formula is C22H17FN2O3. The van der Waals surface area contributed by atoms with Crippen LogP contribution >= 0.6 is 0 Å². The first-order chi connectivity index (χ1) is 13.6. The maximum absolute atomic E-state index is 14.5. The lowest BCUT2D eigenvalue weighted by Crippen LogP contribution is -2.13. The van der Waals surface area contributed by atoms with Gasteiger partial charge in [-0.15, -0.1) is 0 Å². The quantitative estimate of drug-likeness (QED) is 0.486. The highest BCUT2D eigenvalue weighted by Crippen LogP contribution is 2.28. The summed E-state index contributed by atoms with van der Waals surface area (Å²) in [6, 6.07) is 19.0. The highest BCUT2D eigenvalue weighted by molar-refractivity contribution is 5.92. The Kier molecular flexibility index (Phi) is 4.76. The van der Waals surface area contributed by atoms with Gasteiger partial charge in [-0.1, -0.05) is 30.3 Å². The van der Waals surface area contributed by atoms with E-state index < -0.39 is 6.10 Å². The fourth-order valence-electron chi connectivity index (χ4n) is 2.87. The molecule has 0 saturated heterocycles. The zero-order valence-corrected chi connectivity index (χ0v) is 15.1. The number of rotatable bonds is 5. The van der Waals surface area contributed by atoms with E-state index in [1.165, 1.54) is 17.0 Å². The second-order valence-corrected chi connectivity index (χ2v) is 6.24. The van der Waals surface area contributed by atoms with Crippen molar-refractivity contribution in [3.05, 3.63) is 96.5 Å². The Bertz CT molecular complexity index is 1090. The van der Waals surface area contributed by atoms with Crippen molar-refractivity contribution in [1.29, 1.82) is 0 Å². The molecule has 5 nitrogen and oxygen atoms in total. The molecule has 0 bridgehead atoms. The number of aromatic nitrogens is 2. The van der Waals surface area contributed by atoms with Gasteiger partial charge in [0.25, 0.3) is 0 Å². The Morgan fingerprint density at radius 3 is 2.64 bits per heavy atom. The van der Waals surface area contributed by atoms with Crippen molar-refractivity contribution >= 4 is 5.91 Å². The number of furan rings is 1. The Morgan fingerprint density at radius 1 is 1.11 bits per heavy atom. The molecule has 4 aromatic rings. The average molecular weight is 376 g/mol. The minimum absolute atomic E-state index is 0.196. The molecule has 0 aliphatic rings. The van der Waals surface area contributed by atoms with Crippen LogP contribution in [-0.2, 0) is 0 Å². The van der Waals surface area contributed by atoms with Crippen LogP contribution in [0, 0.1) is 5.82 Å². The molecule has 4 rings (SSSR count). The zero-order chi connectivity index (χ0) is 19.5. The Balaban J connectivity index is 1.49. The highest BCUT2D eigenvalue weighted by Gasteiger charge is 2.17. The summed E-state index contributed by atoms with van der Waals surface area (Å²) in [5.41, 5.74) is 1.86. The van der Waals surface area contributed by atoms with Crippen LogP contribution in [-0.4, -0.2) is 15.7 Å². The number of hydrogen-bond donors (Lipinski definition) is 0. The molecule has 6 heteroatoms. The SMILES string of the molecule is C[C@@H](Oc1ccc(-c2ccccc2)c(F)c1)c1ccn(C(=O)c2ccco2)n1. The number of halogens is 1. The van der Waals surface area contributed by atoms with Gasteiger partial charge in [0, 0.05) is 17.8 Å². The Labute approximate surface area is 161 Å². The summed E-state index contributed by atoms with van der Waals surface area (Å²) in [6.45, 7) is 1.78. The molecule has 0 fully saturated rings. The normalized spacial score (nSPS) is 11.9. The fourth-order valence-corrected chi connectivity index (χ4v) is 2.87. The zero-order valence-electron chi connectivity index (χ0n) is 15.1. The van der Waals surface area contributed by atoms with Crippen molar-refractivity contribution in [2.75, 3.05) is 0 Å². The first kappa shape index (κ1) is 17.7. The molecule has 0 saturated carbocycles. The van der Waals surface area contributed by atoms with Gasteiger partial charge in [0.2, 0.25) is 0 Å². The summed E-state index contributed by atoms with van der Waals surface area (Å²) in [4.78, 5) is 12.2. The number of benzene rings is 2. The van der Waals surface area contributed by atoms with Crippen molar-refractivity contribution < 1.29 is 18.3 Å². The van der Waals surface area contributed by atoms with Gasteiger partial charge in [0.1, 0.15) is 23.4 Å². The van der Waals surface area contributed by atoms with Crippen LogP contribution in [0.4, 0.5) is 4.39 Å². The third-order valence-electron chi connectivity index (χ3n) is 4.30. The van der Waals surface area contributed by atoms with E-state index in [4.69, 9.17) is 9.15 Å². The number of hydrogen-bond acceptors (Lipinski definition) is 4. The molecular weight excluding hydrogens is 359 g/mol. The third-order valence-corrected chi connectivity index (χ3v) is 4.30. The third kappa shape index (κ3) is 3.57. The molecule has 0 amide bonds. The summed E-state index contributed by atoms with van der Waals surface area (Å²) < 4.78 is 26.6. The molecule has 0 aliphatic carbocycles. The molecule has 2 aromatic carbocycles. The first-order valence-electron chi connectivity index (χ1n) is 8.77. The lowest BCUT2D eigenvalue weighted by atomic mass is 10.1. The van der Waals surface area contributed by atoms with Crippen LogP contribution in [0.2, 0.25) is 0 Å². The second-order valence-electron chi connectivity index (χ2n) is 6.24. The lowest BCUT2D eigenvalue weighted by Gasteiger charge is -2.13. The van der Waals surface area contributed by atoms with Gasteiger partial charge in [-0.05, 0) is 42.8 Å². The predicted octanol–water partition coefficient (Wildman–Crippen LogP) is 5.11. The minimum atomic E-state index is -0.465. The predicted molar refractivity (Wildman–Crippen MR) is 102 cm³/mol. The van der Waals surface area contributed by atoms with Crippen molar-refractivity contribution in [1.82, 2.24) is 9.78 Å². The fraction of sp³-hybridized carbons (Fsp3) is 0.0909. The molecule has 28 heavy (non-hydrogen) atoms. The van der Waals surface area contributed by atoms with Gasteiger partial charge in [-0.2, -0.15) is 5.10 Å². The summed E-state index contributed by atoms with van der Waals surface area (Å²) in [7, 11) is 0. The smallest absolute Gasteiger partial charge is 0.313 e. The lowest BCUT2D eigenvalue weighted by molar-refractivity contribution is 0.0915. The number of carbonyl (C=O) groups is 1. The highest BCUT2D eigenvalue weighted by atomic mass is 19.1. The Morgan fingerprint density at radius 2 is 1.93 bits per heavy atom. The molecule has 0 unspecified atom stereocenters. The van der Waals surface area contributed by atoms with Crippen molar-refractivity contribution in [3.8, 4) is 16.9 Å². The summed E-state index contributed by atoms with van der Waals surface area (Å²) >= 11 is 0. The van der Waals surface area contributed by atoms with E-state index in [0.29, 0.717) is 17.0 Å². The van der Waals surface area contributed by atoms with Gasteiger partial charge in [-0.3, -0.25) is 4.79 Å². The van der Waals surface area contributed by atoms with Crippen LogP contribution in [0.15, 0.2) is 83.6 Å². The number of ether oxygens (including phenoxy) is 1. The van der Waals surface area contributed by atoms with Gasteiger partial charge in [-0.25, -0.2) is 9.07 Å². The summed E-state index contributed by atoms with van der Waals surface area (Å²) in [6.07, 6.45) is 2.50. The van der Waals surface area contributed by atoms with E-state index in [0.717, 1.165) is 5.56 Å². The van der Waals surface area contributed by atoms with Crippen molar-refractivity contribution in [2.45, 2.75) is 13.0 Å². The van der Waals surface area contributed by atoms with Crippen LogP contribution in [0.3, 0.4) is 0 Å². The van der Waals surface area contributed by atoms with Crippen LogP contribution < -0.4 is 4.74 Å². The Hall–Kier alpha value is -3.67.